The maximum atomic E-state index is 5.97. The van der Waals surface area contributed by atoms with E-state index in [1.165, 1.54) is 0 Å². The molecular weight excluding hydrogens is 372 g/mol. The highest BCUT2D eigenvalue weighted by Gasteiger charge is 2.15. The first-order valence-corrected chi connectivity index (χ1v) is 8.69. The van der Waals surface area contributed by atoms with Gasteiger partial charge in [0.1, 0.15) is 6.10 Å². The second-order valence-electron chi connectivity index (χ2n) is 5.34. The molecule has 1 unspecified atom stereocenters. The molecule has 1 atom stereocenters. The first-order valence-electron chi connectivity index (χ1n) is 7.90. The average molecular weight is 399 g/mol. The van der Waals surface area contributed by atoms with Crippen LogP contribution in [0.1, 0.15) is 12.6 Å². The van der Waals surface area contributed by atoms with Gasteiger partial charge in [0.25, 0.3) is 0 Å². The van der Waals surface area contributed by atoms with Crippen molar-refractivity contribution in [3.63, 3.8) is 0 Å². The number of aliphatic imine (C=N–C) groups is 1. The van der Waals surface area contributed by atoms with Crippen LogP contribution in [-0.4, -0.2) is 62.7 Å². The highest BCUT2D eigenvalue weighted by atomic mass is 79.9. The molecule has 0 saturated carbocycles. The summed E-state index contributed by atoms with van der Waals surface area (Å²) < 4.78 is 12.0. The smallest absolute Gasteiger partial charge is 0.228 e. The molecule has 0 aliphatic rings. The van der Waals surface area contributed by atoms with Crippen LogP contribution in [0.4, 0.5) is 5.69 Å². The minimum Gasteiger partial charge on any atom is -0.470 e. The molecule has 1 N–H and O–H groups in total. The Morgan fingerprint density at radius 3 is 2.92 bits per heavy atom. The first-order chi connectivity index (χ1) is 11.5. The van der Waals surface area contributed by atoms with Crippen molar-refractivity contribution in [3.8, 4) is 5.88 Å². The Balaban J connectivity index is 2.85. The van der Waals surface area contributed by atoms with Gasteiger partial charge >= 0.3 is 0 Å². The van der Waals surface area contributed by atoms with E-state index in [-0.39, 0.29) is 6.10 Å². The zero-order valence-electron chi connectivity index (χ0n) is 14.9. The minimum absolute atomic E-state index is 0.140. The average Bonchev–Trinajstić information content (AvgIpc) is 2.56. The van der Waals surface area contributed by atoms with Gasteiger partial charge in [-0.3, -0.25) is 0 Å². The molecule has 0 aromatic carbocycles. The second kappa shape index (κ2) is 11.2. The van der Waals surface area contributed by atoms with E-state index in [9.17, 15) is 0 Å². The van der Waals surface area contributed by atoms with Crippen molar-refractivity contribution < 1.29 is 9.47 Å². The molecule has 24 heavy (non-hydrogen) atoms. The van der Waals surface area contributed by atoms with E-state index in [2.05, 4.69) is 44.7 Å². The SMILES string of the molecule is C=CCNCC(COC)Oc1nc(C)c(N=CN(C)CC)cc1Br. The van der Waals surface area contributed by atoms with Gasteiger partial charge < -0.3 is 19.7 Å². The fourth-order valence-electron chi connectivity index (χ4n) is 1.83. The number of rotatable bonds is 11. The van der Waals surface area contributed by atoms with Crippen molar-refractivity contribution in [2.24, 2.45) is 4.99 Å². The standard InChI is InChI=1S/C17H27BrN4O2/c1-6-8-19-10-14(11-23-5)24-17-15(18)9-16(13(3)21-17)20-12-22(4)7-2/h6,9,12,14,19H,1,7-8,10-11H2,2-5H3. The predicted octanol–water partition coefficient (Wildman–Crippen LogP) is 2.93. The summed E-state index contributed by atoms with van der Waals surface area (Å²) >= 11 is 3.51. The molecule has 1 heterocycles. The van der Waals surface area contributed by atoms with Crippen LogP contribution >= 0.6 is 15.9 Å². The summed E-state index contributed by atoms with van der Waals surface area (Å²) in [5.41, 5.74) is 1.62. The zero-order chi connectivity index (χ0) is 17.9. The Morgan fingerprint density at radius 2 is 2.29 bits per heavy atom. The molecule has 134 valence electrons. The van der Waals surface area contributed by atoms with Crippen molar-refractivity contribution in [2.45, 2.75) is 20.0 Å². The molecule has 6 nitrogen and oxygen atoms in total. The number of halogens is 1. The van der Waals surface area contributed by atoms with Crippen molar-refractivity contribution in [3.05, 3.63) is 28.9 Å². The maximum Gasteiger partial charge on any atom is 0.228 e. The Morgan fingerprint density at radius 1 is 1.54 bits per heavy atom. The Labute approximate surface area is 153 Å². The maximum absolute atomic E-state index is 5.97. The lowest BCUT2D eigenvalue weighted by atomic mass is 10.3. The Kier molecular flexibility index (Phi) is 9.59. The molecule has 0 saturated heterocycles. The summed E-state index contributed by atoms with van der Waals surface area (Å²) in [6.45, 7) is 10.4. The van der Waals surface area contributed by atoms with Gasteiger partial charge in [0.15, 0.2) is 0 Å². The van der Waals surface area contributed by atoms with Crippen LogP contribution in [0.3, 0.4) is 0 Å². The van der Waals surface area contributed by atoms with Crippen molar-refractivity contribution in [1.82, 2.24) is 15.2 Å². The summed E-state index contributed by atoms with van der Waals surface area (Å²) in [4.78, 5) is 11.0. The fourth-order valence-corrected chi connectivity index (χ4v) is 2.23. The molecule has 0 amide bonds. The Bertz CT molecular complexity index is 552. The number of aryl methyl sites for hydroxylation is 1. The molecule has 7 heteroatoms. The highest BCUT2D eigenvalue weighted by Crippen LogP contribution is 2.30. The second-order valence-corrected chi connectivity index (χ2v) is 6.19. The molecule has 1 aromatic rings. The summed E-state index contributed by atoms with van der Waals surface area (Å²) in [5, 5.41) is 3.23. The van der Waals surface area contributed by atoms with Gasteiger partial charge in [-0.2, -0.15) is 0 Å². The number of hydrogen-bond acceptors (Lipinski definition) is 5. The van der Waals surface area contributed by atoms with Crippen LogP contribution in [0.15, 0.2) is 28.2 Å². The van der Waals surface area contributed by atoms with Gasteiger partial charge in [0, 0.05) is 33.8 Å². The van der Waals surface area contributed by atoms with Gasteiger partial charge in [-0.1, -0.05) is 6.08 Å². The van der Waals surface area contributed by atoms with Gasteiger partial charge in [0.2, 0.25) is 5.88 Å². The van der Waals surface area contributed by atoms with Crippen LogP contribution in [-0.2, 0) is 4.74 Å². The largest absolute Gasteiger partial charge is 0.470 e. The van der Waals surface area contributed by atoms with Crippen LogP contribution in [0, 0.1) is 6.92 Å². The third-order valence-corrected chi connectivity index (χ3v) is 3.86. The van der Waals surface area contributed by atoms with E-state index in [1.807, 2.05) is 31.0 Å². The summed E-state index contributed by atoms with van der Waals surface area (Å²) in [7, 11) is 3.63. The monoisotopic (exact) mass is 398 g/mol. The topological polar surface area (TPSA) is 59.0 Å². The summed E-state index contributed by atoms with van der Waals surface area (Å²) in [6.07, 6.45) is 3.46. The lowest BCUT2D eigenvalue weighted by molar-refractivity contribution is 0.0775. The Hall–Kier alpha value is -1.44. The lowest BCUT2D eigenvalue weighted by Gasteiger charge is -2.19. The number of nitrogens with one attached hydrogen (secondary N) is 1. The highest BCUT2D eigenvalue weighted by molar-refractivity contribution is 9.10. The number of pyridine rings is 1. The van der Waals surface area contributed by atoms with Crippen LogP contribution in [0.2, 0.25) is 0 Å². The summed E-state index contributed by atoms with van der Waals surface area (Å²) in [5.74, 6) is 0.540. The minimum atomic E-state index is -0.140. The number of methoxy groups -OCH3 is 1. The molecule has 1 rings (SSSR count). The first kappa shape index (κ1) is 20.6. The molecule has 0 spiro atoms. The normalized spacial score (nSPS) is 12.4. The number of hydrogen-bond donors (Lipinski definition) is 1. The molecule has 0 radical (unpaired) electrons. The molecule has 0 aliphatic heterocycles. The van der Waals surface area contributed by atoms with E-state index >= 15 is 0 Å². The van der Waals surface area contributed by atoms with Crippen LogP contribution in [0.5, 0.6) is 5.88 Å². The van der Waals surface area contributed by atoms with Crippen LogP contribution < -0.4 is 10.1 Å². The molecule has 0 aliphatic carbocycles. The van der Waals surface area contributed by atoms with E-state index in [0.717, 1.165) is 28.9 Å². The third-order valence-electron chi connectivity index (χ3n) is 3.29. The van der Waals surface area contributed by atoms with E-state index in [4.69, 9.17) is 9.47 Å². The number of ether oxygens (including phenoxy) is 2. The van der Waals surface area contributed by atoms with Crippen molar-refractivity contribution in [2.75, 3.05) is 40.4 Å². The van der Waals surface area contributed by atoms with Crippen LogP contribution in [0.25, 0.3) is 0 Å². The van der Waals surface area contributed by atoms with Gasteiger partial charge in [-0.15, -0.1) is 6.58 Å². The van der Waals surface area contributed by atoms with E-state index in [0.29, 0.717) is 19.0 Å². The van der Waals surface area contributed by atoms with Gasteiger partial charge in [-0.25, -0.2) is 9.98 Å². The third kappa shape index (κ3) is 6.98. The van der Waals surface area contributed by atoms with E-state index < -0.39 is 0 Å². The molecule has 0 bridgehead atoms. The van der Waals surface area contributed by atoms with Gasteiger partial charge in [0.05, 0.1) is 28.8 Å². The van der Waals surface area contributed by atoms with E-state index in [1.54, 1.807) is 13.4 Å². The van der Waals surface area contributed by atoms with Crippen molar-refractivity contribution in [1.29, 1.82) is 0 Å². The predicted molar refractivity (Wildman–Crippen MR) is 102 cm³/mol. The molecule has 1 aromatic heterocycles. The molecular formula is C17H27BrN4O2. The molecule has 0 fully saturated rings. The quantitative estimate of drug-likeness (QED) is 0.268. The van der Waals surface area contributed by atoms with Crippen molar-refractivity contribution >= 4 is 28.0 Å². The van der Waals surface area contributed by atoms with Gasteiger partial charge in [-0.05, 0) is 35.8 Å². The lowest BCUT2D eigenvalue weighted by Crippen LogP contribution is -2.35. The number of aromatic nitrogens is 1. The fraction of sp³-hybridized carbons (Fsp3) is 0.529. The summed E-state index contributed by atoms with van der Waals surface area (Å²) in [6, 6.07) is 1.92. The zero-order valence-corrected chi connectivity index (χ0v) is 16.5. The number of nitrogens with zero attached hydrogens (tertiary/aromatic N) is 3.